The first-order chi connectivity index (χ1) is 8.84. The summed E-state index contributed by atoms with van der Waals surface area (Å²) < 4.78 is 0. The molecule has 2 rings (SSSR count). The van der Waals surface area contributed by atoms with Gasteiger partial charge < -0.3 is 10.0 Å². The summed E-state index contributed by atoms with van der Waals surface area (Å²) in [6, 6.07) is 2.80. The van der Waals surface area contributed by atoms with Crippen LogP contribution in [0.25, 0.3) is 0 Å². The molecule has 19 heavy (non-hydrogen) atoms. The Morgan fingerprint density at radius 2 is 2.16 bits per heavy atom. The van der Waals surface area contributed by atoms with Crippen molar-refractivity contribution >= 4 is 17.7 Å². The van der Waals surface area contributed by atoms with Crippen molar-refractivity contribution in [2.24, 2.45) is 0 Å². The number of nitrogens with zero attached hydrogens (tertiary/aromatic N) is 2. The van der Waals surface area contributed by atoms with E-state index in [1.54, 1.807) is 0 Å². The van der Waals surface area contributed by atoms with E-state index in [1.165, 1.54) is 32.2 Å². The van der Waals surface area contributed by atoms with Gasteiger partial charge in [-0.1, -0.05) is 0 Å². The quantitative estimate of drug-likeness (QED) is 0.675. The third kappa shape index (κ3) is 2.14. The monoisotopic (exact) mass is 263 g/mol. The second-order valence-electron chi connectivity index (χ2n) is 4.70. The van der Waals surface area contributed by atoms with Crippen LogP contribution in [0.3, 0.4) is 0 Å². The fourth-order valence-electron chi connectivity index (χ4n) is 1.80. The highest BCUT2D eigenvalue weighted by Gasteiger charge is 2.44. The molecular formula is C12H13N3O4. The molecule has 1 aromatic heterocycles. The molecule has 7 heteroatoms. The third-order valence-electron chi connectivity index (χ3n) is 3.02. The molecule has 0 aliphatic carbocycles. The normalized spacial score (nSPS) is 18.1. The maximum atomic E-state index is 12.3. The van der Waals surface area contributed by atoms with E-state index in [0.29, 0.717) is 0 Å². The number of carbonyl (C=O) groups is 3. The van der Waals surface area contributed by atoms with Gasteiger partial charge in [-0.05, 0) is 26.0 Å². The predicted molar refractivity (Wildman–Crippen MR) is 64.2 cm³/mol. The van der Waals surface area contributed by atoms with Gasteiger partial charge in [0.25, 0.3) is 11.8 Å². The number of carbonyl (C=O) groups excluding carboxylic acids is 3. The Labute approximate surface area is 109 Å². The van der Waals surface area contributed by atoms with E-state index in [4.69, 9.17) is 0 Å². The number of hydrogen-bond donors (Lipinski definition) is 2. The Morgan fingerprint density at radius 3 is 2.79 bits per heavy atom. The molecule has 1 saturated heterocycles. The summed E-state index contributed by atoms with van der Waals surface area (Å²) in [6.45, 7) is 2.78. The van der Waals surface area contributed by atoms with E-state index in [0.717, 1.165) is 4.90 Å². The molecule has 1 aromatic rings. The molecule has 3 amide bonds. The topological polar surface area (TPSA) is 99.6 Å². The SMILES string of the molecule is CC1(C)C(=O)NC(=O)CN1C(=O)c1ncccc1O. The largest absolute Gasteiger partial charge is 0.505 e. The van der Waals surface area contributed by atoms with Crippen molar-refractivity contribution in [3.8, 4) is 5.75 Å². The van der Waals surface area contributed by atoms with Crippen LogP contribution in [0, 0.1) is 0 Å². The molecule has 100 valence electrons. The van der Waals surface area contributed by atoms with Gasteiger partial charge in [0.05, 0.1) is 0 Å². The maximum absolute atomic E-state index is 12.3. The first-order valence-electron chi connectivity index (χ1n) is 5.64. The molecule has 2 heterocycles. The second kappa shape index (κ2) is 4.34. The molecule has 0 saturated carbocycles. The van der Waals surface area contributed by atoms with Crippen LogP contribution in [0.4, 0.5) is 0 Å². The van der Waals surface area contributed by atoms with Gasteiger partial charge in [-0.25, -0.2) is 4.98 Å². The van der Waals surface area contributed by atoms with E-state index >= 15 is 0 Å². The van der Waals surface area contributed by atoms with E-state index < -0.39 is 23.3 Å². The molecular weight excluding hydrogens is 250 g/mol. The predicted octanol–water partition coefficient (Wildman–Crippen LogP) is -0.336. The van der Waals surface area contributed by atoms with Gasteiger partial charge in [-0.2, -0.15) is 0 Å². The molecule has 0 aromatic carbocycles. The summed E-state index contributed by atoms with van der Waals surface area (Å²) in [5.41, 5.74) is -1.37. The highest BCUT2D eigenvalue weighted by molar-refractivity contribution is 6.08. The highest BCUT2D eigenvalue weighted by atomic mass is 16.3. The zero-order valence-electron chi connectivity index (χ0n) is 10.5. The van der Waals surface area contributed by atoms with Crippen LogP contribution >= 0.6 is 0 Å². The van der Waals surface area contributed by atoms with Gasteiger partial charge in [0.2, 0.25) is 5.91 Å². The van der Waals surface area contributed by atoms with Crippen LogP contribution in [-0.4, -0.2) is 44.8 Å². The summed E-state index contributed by atoms with van der Waals surface area (Å²) in [7, 11) is 0. The van der Waals surface area contributed by atoms with Crippen molar-refractivity contribution in [1.29, 1.82) is 0 Å². The summed E-state index contributed by atoms with van der Waals surface area (Å²) >= 11 is 0. The Balaban J connectivity index is 2.40. The van der Waals surface area contributed by atoms with Gasteiger partial charge in [-0.15, -0.1) is 0 Å². The number of nitrogens with one attached hydrogen (secondary N) is 1. The number of amides is 3. The lowest BCUT2D eigenvalue weighted by Crippen LogP contribution is -2.65. The first-order valence-corrected chi connectivity index (χ1v) is 5.64. The minimum atomic E-state index is -1.19. The van der Waals surface area contributed by atoms with E-state index in [2.05, 4.69) is 10.3 Å². The van der Waals surface area contributed by atoms with Crippen LogP contribution in [0.5, 0.6) is 5.75 Å². The number of rotatable bonds is 1. The van der Waals surface area contributed by atoms with Crippen molar-refractivity contribution < 1.29 is 19.5 Å². The minimum Gasteiger partial charge on any atom is -0.505 e. The summed E-state index contributed by atoms with van der Waals surface area (Å²) in [4.78, 5) is 40.3. The lowest BCUT2D eigenvalue weighted by molar-refractivity contribution is -0.143. The van der Waals surface area contributed by atoms with Crippen molar-refractivity contribution in [2.75, 3.05) is 6.54 Å². The van der Waals surface area contributed by atoms with Crippen LogP contribution in [0.15, 0.2) is 18.3 Å². The van der Waals surface area contributed by atoms with E-state index in [1.807, 2.05) is 0 Å². The van der Waals surface area contributed by atoms with Gasteiger partial charge >= 0.3 is 0 Å². The lowest BCUT2D eigenvalue weighted by Gasteiger charge is -2.39. The zero-order chi connectivity index (χ0) is 14.2. The number of hydrogen-bond acceptors (Lipinski definition) is 5. The molecule has 0 unspecified atom stereocenters. The summed E-state index contributed by atoms with van der Waals surface area (Å²) in [5, 5.41) is 11.8. The molecule has 1 aliphatic rings. The molecule has 1 aliphatic heterocycles. The van der Waals surface area contributed by atoms with E-state index in [-0.39, 0.29) is 18.0 Å². The zero-order valence-corrected chi connectivity index (χ0v) is 10.5. The smallest absolute Gasteiger partial charge is 0.277 e. The third-order valence-corrected chi connectivity index (χ3v) is 3.02. The van der Waals surface area contributed by atoms with Crippen molar-refractivity contribution in [3.05, 3.63) is 24.0 Å². The lowest BCUT2D eigenvalue weighted by atomic mass is 9.98. The van der Waals surface area contributed by atoms with Crippen molar-refractivity contribution in [1.82, 2.24) is 15.2 Å². The van der Waals surface area contributed by atoms with Crippen LogP contribution in [-0.2, 0) is 9.59 Å². The number of imide groups is 1. The maximum Gasteiger partial charge on any atom is 0.277 e. The van der Waals surface area contributed by atoms with Gasteiger partial charge in [0.15, 0.2) is 5.69 Å². The van der Waals surface area contributed by atoms with Crippen molar-refractivity contribution in [2.45, 2.75) is 19.4 Å². The number of pyridine rings is 1. The fraction of sp³-hybridized carbons (Fsp3) is 0.333. The molecule has 0 radical (unpaired) electrons. The Morgan fingerprint density at radius 1 is 1.47 bits per heavy atom. The van der Waals surface area contributed by atoms with Crippen LogP contribution in [0.2, 0.25) is 0 Å². The first kappa shape index (κ1) is 13.0. The average molecular weight is 263 g/mol. The van der Waals surface area contributed by atoms with E-state index in [9.17, 15) is 19.5 Å². The van der Waals surface area contributed by atoms with Gasteiger partial charge in [0, 0.05) is 6.20 Å². The molecule has 0 bridgehead atoms. The average Bonchev–Trinajstić information content (AvgIpc) is 2.34. The molecule has 7 nitrogen and oxygen atoms in total. The fourth-order valence-corrected chi connectivity index (χ4v) is 1.80. The number of piperazine rings is 1. The highest BCUT2D eigenvalue weighted by Crippen LogP contribution is 2.23. The Bertz CT molecular complexity index is 568. The van der Waals surface area contributed by atoms with Gasteiger partial charge in [0.1, 0.15) is 17.8 Å². The van der Waals surface area contributed by atoms with Crippen LogP contribution in [0.1, 0.15) is 24.3 Å². The van der Waals surface area contributed by atoms with Gasteiger partial charge in [-0.3, -0.25) is 19.7 Å². The Kier molecular flexibility index (Phi) is 2.97. The molecule has 0 spiro atoms. The molecule has 1 fully saturated rings. The minimum absolute atomic E-state index is 0.182. The van der Waals surface area contributed by atoms with Crippen molar-refractivity contribution in [3.63, 3.8) is 0 Å². The molecule has 2 N–H and O–H groups in total. The molecule has 0 atom stereocenters. The van der Waals surface area contributed by atoms with Crippen LogP contribution < -0.4 is 5.32 Å². The number of aromatic hydroxyl groups is 1. The Hall–Kier alpha value is -2.44. The second-order valence-corrected chi connectivity index (χ2v) is 4.70. The summed E-state index contributed by atoms with van der Waals surface area (Å²) in [5.74, 6) is -2.08. The standard InChI is InChI=1S/C12H13N3O4/c1-12(2)11(19)14-8(17)6-15(12)10(18)9-7(16)4-3-5-13-9/h3-5,16H,6H2,1-2H3,(H,14,17,19). The number of aromatic nitrogens is 1. The summed E-state index contributed by atoms with van der Waals surface area (Å²) in [6.07, 6.45) is 1.35.